The van der Waals surface area contributed by atoms with Crippen LogP contribution in [0.1, 0.15) is 32.5 Å². The molecule has 0 saturated heterocycles. The summed E-state index contributed by atoms with van der Waals surface area (Å²) >= 11 is 5.84. The Balaban J connectivity index is 3.00. The molecule has 0 aliphatic carbocycles. The number of aromatic nitrogens is 2. The monoisotopic (exact) mass is 295 g/mol. The predicted octanol–water partition coefficient (Wildman–Crippen LogP) is 3.86. The molecular weight excluding hydrogens is 279 g/mol. The fourth-order valence-electron chi connectivity index (χ4n) is 1.71. The predicted molar refractivity (Wildman–Crippen MR) is 69.6 cm³/mol. The molecule has 0 amide bonds. The van der Waals surface area contributed by atoms with Crippen LogP contribution in [0.4, 0.5) is 19.0 Å². The molecule has 7 heteroatoms. The average molecular weight is 296 g/mol. The molecule has 1 heterocycles. The zero-order valence-electron chi connectivity index (χ0n) is 11.0. The van der Waals surface area contributed by atoms with Crippen molar-refractivity contribution in [1.82, 2.24) is 9.97 Å². The Kier molecular flexibility index (Phi) is 5.85. The van der Waals surface area contributed by atoms with Crippen LogP contribution in [0.15, 0.2) is 6.07 Å². The topological polar surface area (TPSA) is 29.0 Å². The third-order valence-corrected chi connectivity index (χ3v) is 2.58. The van der Waals surface area contributed by atoms with Crippen molar-refractivity contribution in [3.63, 3.8) is 0 Å². The first kappa shape index (κ1) is 16.0. The maximum Gasteiger partial charge on any atom is 0.405 e. The van der Waals surface area contributed by atoms with Crippen molar-refractivity contribution >= 4 is 17.4 Å². The summed E-state index contributed by atoms with van der Waals surface area (Å²) in [7, 11) is 0. The molecule has 0 atom stereocenters. The Hall–Kier alpha value is -1.04. The van der Waals surface area contributed by atoms with Crippen LogP contribution < -0.4 is 4.90 Å². The molecule has 0 aromatic carbocycles. The molecule has 108 valence electrons. The Morgan fingerprint density at radius 3 is 2.42 bits per heavy atom. The molecule has 0 saturated carbocycles. The van der Waals surface area contributed by atoms with Gasteiger partial charge in [-0.15, -0.1) is 0 Å². The minimum absolute atomic E-state index is 0.178. The largest absolute Gasteiger partial charge is 0.405 e. The Morgan fingerprint density at radius 2 is 1.89 bits per heavy atom. The van der Waals surface area contributed by atoms with Crippen LogP contribution in [0.2, 0.25) is 5.15 Å². The van der Waals surface area contributed by atoms with Crippen LogP contribution >= 0.6 is 11.6 Å². The summed E-state index contributed by atoms with van der Waals surface area (Å²) < 4.78 is 37.6. The van der Waals surface area contributed by atoms with E-state index in [-0.39, 0.29) is 17.5 Å². The van der Waals surface area contributed by atoms with Gasteiger partial charge in [-0.3, -0.25) is 0 Å². The SMILES string of the molecule is CCCc1nc(Cl)cc(N(CCC)CC(F)(F)F)n1. The molecule has 0 bridgehead atoms. The van der Waals surface area contributed by atoms with Crippen LogP contribution in [-0.4, -0.2) is 29.2 Å². The molecule has 3 nitrogen and oxygen atoms in total. The minimum atomic E-state index is -4.27. The number of hydrogen-bond donors (Lipinski definition) is 0. The highest BCUT2D eigenvalue weighted by atomic mass is 35.5. The lowest BCUT2D eigenvalue weighted by Gasteiger charge is -2.24. The van der Waals surface area contributed by atoms with E-state index in [9.17, 15) is 13.2 Å². The number of nitrogens with zero attached hydrogens (tertiary/aromatic N) is 3. The average Bonchev–Trinajstić information content (AvgIpc) is 2.26. The first-order chi connectivity index (χ1) is 8.85. The molecular formula is C12H17ClF3N3. The van der Waals surface area contributed by atoms with E-state index in [1.54, 1.807) is 0 Å². The van der Waals surface area contributed by atoms with Crippen LogP contribution in [0.5, 0.6) is 0 Å². The van der Waals surface area contributed by atoms with Crippen LogP contribution in [0, 0.1) is 0 Å². The van der Waals surface area contributed by atoms with E-state index in [2.05, 4.69) is 9.97 Å². The molecule has 0 N–H and O–H groups in total. The summed E-state index contributed by atoms with van der Waals surface area (Å²) in [5.41, 5.74) is 0. The standard InChI is InChI=1S/C12H17ClF3N3/c1-3-5-10-17-9(13)7-11(18-10)19(6-4-2)8-12(14,15)16/h7H,3-6,8H2,1-2H3. The second-order valence-electron chi connectivity index (χ2n) is 4.25. The molecule has 0 aliphatic rings. The summed E-state index contributed by atoms with van der Waals surface area (Å²) in [6.45, 7) is 3.01. The van der Waals surface area contributed by atoms with Crippen molar-refractivity contribution in [2.24, 2.45) is 0 Å². The summed E-state index contributed by atoms with van der Waals surface area (Å²) in [6.07, 6.45) is -2.26. The third-order valence-electron chi connectivity index (χ3n) is 2.39. The van der Waals surface area contributed by atoms with E-state index in [0.717, 1.165) is 6.42 Å². The lowest BCUT2D eigenvalue weighted by Crippen LogP contribution is -2.35. The molecule has 0 unspecified atom stereocenters. The van der Waals surface area contributed by atoms with Gasteiger partial charge in [0.1, 0.15) is 23.3 Å². The van der Waals surface area contributed by atoms with Crippen molar-refractivity contribution in [3.8, 4) is 0 Å². The van der Waals surface area contributed by atoms with Crippen LogP contribution in [0.3, 0.4) is 0 Å². The van der Waals surface area contributed by atoms with Crippen LogP contribution in [0.25, 0.3) is 0 Å². The fraction of sp³-hybridized carbons (Fsp3) is 0.667. The normalized spacial score (nSPS) is 11.7. The molecule has 0 spiro atoms. The number of anilines is 1. The summed E-state index contributed by atoms with van der Waals surface area (Å²) in [4.78, 5) is 9.35. The van der Waals surface area contributed by atoms with Crippen molar-refractivity contribution in [2.75, 3.05) is 18.0 Å². The van der Waals surface area contributed by atoms with Gasteiger partial charge >= 0.3 is 6.18 Å². The van der Waals surface area contributed by atoms with E-state index in [1.807, 2.05) is 13.8 Å². The highest BCUT2D eigenvalue weighted by Gasteiger charge is 2.31. The lowest BCUT2D eigenvalue weighted by molar-refractivity contribution is -0.119. The number of halogens is 4. The van der Waals surface area contributed by atoms with Crippen molar-refractivity contribution < 1.29 is 13.2 Å². The molecule has 0 radical (unpaired) electrons. The molecule has 19 heavy (non-hydrogen) atoms. The second kappa shape index (κ2) is 6.93. The van der Waals surface area contributed by atoms with E-state index >= 15 is 0 Å². The number of aryl methyl sites for hydroxylation is 1. The number of alkyl halides is 3. The van der Waals surface area contributed by atoms with Crippen LogP contribution in [-0.2, 0) is 6.42 Å². The summed E-state index contributed by atoms with van der Waals surface area (Å²) in [5.74, 6) is 0.718. The molecule has 1 aromatic heterocycles. The Labute approximate surface area is 115 Å². The van der Waals surface area contributed by atoms with Gasteiger partial charge in [-0.05, 0) is 12.8 Å². The van der Waals surface area contributed by atoms with Crippen molar-refractivity contribution in [3.05, 3.63) is 17.0 Å². The summed E-state index contributed by atoms with van der Waals surface area (Å²) in [5, 5.41) is 0.178. The van der Waals surface area contributed by atoms with Crippen molar-refractivity contribution in [1.29, 1.82) is 0 Å². The zero-order valence-corrected chi connectivity index (χ0v) is 11.7. The highest BCUT2D eigenvalue weighted by molar-refractivity contribution is 6.29. The maximum absolute atomic E-state index is 12.5. The van der Waals surface area contributed by atoms with Gasteiger partial charge in [0.05, 0.1) is 0 Å². The maximum atomic E-state index is 12.5. The van der Waals surface area contributed by atoms with Gasteiger partial charge in [0.25, 0.3) is 0 Å². The Bertz CT molecular complexity index is 410. The van der Waals surface area contributed by atoms with E-state index in [1.165, 1.54) is 11.0 Å². The lowest BCUT2D eigenvalue weighted by atomic mass is 10.3. The molecule has 0 aliphatic heterocycles. The third kappa shape index (κ3) is 5.63. The van der Waals surface area contributed by atoms with Crippen molar-refractivity contribution in [2.45, 2.75) is 39.3 Å². The number of rotatable bonds is 6. The molecule has 1 aromatic rings. The summed E-state index contributed by atoms with van der Waals surface area (Å²) in [6, 6.07) is 1.38. The van der Waals surface area contributed by atoms with E-state index < -0.39 is 12.7 Å². The first-order valence-corrected chi connectivity index (χ1v) is 6.58. The minimum Gasteiger partial charge on any atom is -0.347 e. The highest BCUT2D eigenvalue weighted by Crippen LogP contribution is 2.23. The zero-order chi connectivity index (χ0) is 14.5. The molecule has 0 fully saturated rings. The second-order valence-corrected chi connectivity index (χ2v) is 4.64. The number of hydrogen-bond acceptors (Lipinski definition) is 3. The van der Waals surface area contributed by atoms with Gasteiger partial charge in [-0.25, -0.2) is 9.97 Å². The van der Waals surface area contributed by atoms with Gasteiger partial charge in [-0.2, -0.15) is 13.2 Å². The first-order valence-electron chi connectivity index (χ1n) is 6.21. The quantitative estimate of drug-likeness (QED) is 0.746. The van der Waals surface area contributed by atoms with Gasteiger partial charge in [0.2, 0.25) is 0 Å². The molecule has 1 rings (SSSR count). The van der Waals surface area contributed by atoms with Gasteiger partial charge in [0.15, 0.2) is 0 Å². The van der Waals surface area contributed by atoms with E-state index in [4.69, 9.17) is 11.6 Å². The van der Waals surface area contributed by atoms with E-state index in [0.29, 0.717) is 18.7 Å². The van der Waals surface area contributed by atoms with Gasteiger partial charge in [0, 0.05) is 19.0 Å². The smallest absolute Gasteiger partial charge is 0.347 e. The Morgan fingerprint density at radius 1 is 1.21 bits per heavy atom. The fourth-order valence-corrected chi connectivity index (χ4v) is 1.91. The van der Waals surface area contributed by atoms with Gasteiger partial charge in [-0.1, -0.05) is 25.4 Å². The van der Waals surface area contributed by atoms with Gasteiger partial charge < -0.3 is 4.90 Å².